The maximum Gasteiger partial charge on any atom is 0.319 e. The van der Waals surface area contributed by atoms with E-state index in [0.717, 1.165) is 0 Å². The van der Waals surface area contributed by atoms with Crippen LogP contribution in [0.15, 0.2) is 60.7 Å². The number of hydrogen-bond acceptors (Lipinski definition) is 2. The van der Waals surface area contributed by atoms with Crippen molar-refractivity contribution in [3.63, 3.8) is 0 Å². The molecule has 4 N–H and O–H groups in total. The Hall–Kier alpha value is -3.02. The quantitative estimate of drug-likeness (QED) is 0.684. The van der Waals surface area contributed by atoms with Crippen molar-refractivity contribution in [1.82, 2.24) is 10.6 Å². The van der Waals surface area contributed by atoms with Gasteiger partial charge in [-0.2, -0.15) is 0 Å². The Labute approximate surface area is 135 Å². The normalized spacial score (nSPS) is 11.2. The van der Waals surface area contributed by atoms with Crippen molar-refractivity contribution >= 4 is 23.4 Å². The summed E-state index contributed by atoms with van der Waals surface area (Å²) < 4.78 is 0. The molecule has 2 aromatic rings. The third-order valence-electron chi connectivity index (χ3n) is 3.01. The predicted octanol–water partition coefficient (Wildman–Crippen LogP) is 3.02. The second-order valence-corrected chi connectivity index (χ2v) is 5.07. The molecule has 4 amide bonds. The third-order valence-corrected chi connectivity index (χ3v) is 3.01. The third kappa shape index (κ3) is 6.09. The number of rotatable bonds is 5. The first-order valence-electron chi connectivity index (χ1n) is 7.36. The molecule has 6 heteroatoms. The summed E-state index contributed by atoms with van der Waals surface area (Å²) in [5, 5.41) is 10.9. The number of carbonyl (C=O) groups is 2. The molecule has 0 radical (unpaired) electrons. The molecule has 0 saturated heterocycles. The summed E-state index contributed by atoms with van der Waals surface area (Å²) in [5.41, 5.74) is 1.43. The minimum absolute atomic E-state index is 0.208. The fourth-order valence-electron chi connectivity index (χ4n) is 1.91. The molecule has 1 unspecified atom stereocenters. The van der Waals surface area contributed by atoms with Crippen LogP contribution in [0.25, 0.3) is 0 Å². The molecule has 0 aromatic heterocycles. The minimum atomic E-state index is -0.312. The van der Waals surface area contributed by atoms with Crippen LogP contribution in [0, 0.1) is 0 Å². The fourth-order valence-corrected chi connectivity index (χ4v) is 1.91. The number of anilines is 2. The van der Waals surface area contributed by atoms with Crippen LogP contribution in [0.1, 0.15) is 6.92 Å². The van der Waals surface area contributed by atoms with Crippen LogP contribution in [0.3, 0.4) is 0 Å². The van der Waals surface area contributed by atoms with E-state index in [9.17, 15) is 9.59 Å². The van der Waals surface area contributed by atoms with Crippen molar-refractivity contribution in [1.29, 1.82) is 0 Å². The lowest BCUT2D eigenvalue weighted by Crippen LogP contribution is -2.44. The van der Waals surface area contributed by atoms with Gasteiger partial charge in [0, 0.05) is 24.0 Å². The zero-order valence-electron chi connectivity index (χ0n) is 12.9. The van der Waals surface area contributed by atoms with E-state index < -0.39 is 0 Å². The molecule has 1 atom stereocenters. The second-order valence-electron chi connectivity index (χ2n) is 5.07. The van der Waals surface area contributed by atoms with Crippen molar-refractivity contribution in [3.8, 4) is 0 Å². The second kappa shape index (κ2) is 8.43. The first-order chi connectivity index (χ1) is 11.1. The van der Waals surface area contributed by atoms with E-state index in [-0.39, 0.29) is 18.1 Å². The number of hydrogen-bond donors (Lipinski definition) is 4. The van der Waals surface area contributed by atoms with Gasteiger partial charge >= 0.3 is 12.1 Å². The number of amides is 4. The molecule has 23 heavy (non-hydrogen) atoms. The highest BCUT2D eigenvalue weighted by Gasteiger charge is 2.09. The van der Waals surface area contributed by atoms with Crippen molar-refractivity contribution in [2.75, 3.05) is 17.2 Å². The summed E-state index contributed by atoms with van der Waals surface area (Å²) in [4.78, 5) is 23.6. The molecule has 2 aromatic carbocycles. The minimum Gasteiger partial charge on any atom is -0.336 e. The Morgan fingerprint density at radius 3 is 1.83 bits per heavy atom. The maximum atomic E-state index is 11.8. The maximum absolute atomic E-state index is 11.8. The summed E-state index contributed by atoms with van der Waals surface area (Å²) in [6.07, 6.45) is 0. The largest absolute Gasteiger partial charge is 0.336 e. The van der Waals surface area contributed by atoms with E-state index in [4.69, 9.17) is 0 Å². The van der Waals surface area contributed by atoms with Gasteiger partial charge < -0.3 is 21.3 Å². The molecule has 0 fully saturated rings. The van der Waals surface area contributed by atoms with Gasteiger partial charge in [0.1, 0.15) is 0 Å². The SMILES string of the molecule is CC(CNC(=O)Nc1ccccc1)NC(=O)Nc1ccccc1. The number of para-hydroxylation sites is 2. The Kier molecular flexibility index (Phi) is 5.99. The zero-order valence-corrected chi connectivity index (χ0v) is 12.9. The van der Waals surface area contributed by atoms with Gasteiger partial charge in [0.2, 0.25) is 0 Å². The van der Waals surface area contributed by atoms with Gasteiger partial charge in [0.25, 0.3) is 0 Å². The molecule has 0 aliphatic carbocycles. The Bertz CT molecular complexity index is 632. The molecule has 0 spiro atoms. The van der Waals surface area contributed by atoms with E-state index in [1.165, 1.54) is 0 Å². The van der Waals surface area contributed by atoms with Crippen molar-refractivity contribution in [2.24, 2.45) is 0 Å². The van der Waals surface area contributed by atoms with Gasteiger partial charge in [0.05, 0.1) is 0 Å². The van der Waals surface area contributed by atoms with E-state index in [1.807, 2.05) is 43.3 Å². The molecular formula is C17H20N4O2. The molecule has 2 rings (SSSR count). The Morgan fingerprint density at radius 2 is 1.30 bits per heavy atom. The van der Waals surface area contributed by atoms with Crippen molar-refractivity contribution < 1.29 is 9.59 Å². The number of nitrogens with one attached hydrogen (secondary N) is 4. The lowest BCUT2D eigenvalue weighted by atomic mass is 10.3. The fraction of sp³-hybridized carbons (Fsp3) is 0.176. The van der Waals surface area contributed by atoms with E-state index in [2.05, 4.69) is 21.3 Å². The van der Waals surface area contributed by atoms with Gasteiger partial charge in [-0.3, -0.25) is 0 Å². The van der Waals surface area contributed by atoms with Crippen molar-refractivity contribution in [2.45, 2.75) is 13.0 Å². The van der Waals surface area contributed by atoms with E-state index in [1.54, 1.807) is 24.3 Å². The smallest absolute Gasteiger partial charge is 0.319 e. The highest BCUT2D eigenvalue weighted by Crippen LogP contribution is 2.05. The molecule has 0 aliphatic heterocycles. The van der Waals surface area contributed by atoms with Gasteiger partial charge in [0.15, 0.2) is 0 Å². The summed E-state index contributed by atoms with van der Waals surface area (Å²) >= 11 is 0. The van der Waals surface area contributed by atoms with Gasteiger partial charge in [-0.15, -0.1) is 0 Å². The van der Waals surface area contributed by atoms with Crippen LogP contribution >= 0.6 is 0 Å². The average molecular weight is 312 g/mol. The van der Waals surface area contributed by atoms with Crippen LogP contribution in [0.5, 0.6) is 0 Å². The first-order valence-corrected chi connectivity index (χ1v) is 7.36. The molecular weight excluding hydrogens is 292 g/mol. The van der Waals surface area contributed by atoms with E-state index in [0.29, 0.717) is 17.9 Å². The van der Waals surface area contributed by atoms with Gasteiger partial charge in [-0.25, -0.2) is 9.59 Å². The lowest BCUT2D eigenvalue weighted by Gasteiger charge is -2.16. The van der Waals surface area contributed by atoms with E-state index >= 15 is 0 Å². The standard InChI is InChI=1S/C17H20N4O2/c1-13(19-17(23)21-15-10-6-3-7-11-15)12-18-16(22)20-14-8-4-2-5-9-14/h2-11,13H,12H2,1H3,(H2,18,20,22)(H2,19,21,23). The molecule has 0 aliphatic rings. The number of carbonyl (C=O) groups excluding carboxylic acids is 2. The van der Waals surface area contributed by atoms with Crippen LogP contribution in [-0.4, -0.2) is 24.6 Å². The van der Waals surface area contributed by atoms with Crippen LogP contribution in [0.2, 0.25) is 0 Å². The molecule has 6 nitrogen and oxygen atoms in total. The summed E-state index contributed by atoms with van der Waals surface area (Å²) in [6.45, 7) is 2.13. The summed E-state index contributed by atoms with van der Waals surface area (Å²) in [7, 11) is 0. The van der Waals surface area contributed by atoms with Crippen LogP contribution < -0.4 is 21.3 Å². The zero-order chi connectivity index (χ0) is 16.5. The molecule has 0 heterocycles. The molecule has 120 valence electrons. The summed E-state index contributed by atoms with van der Waals surface area (Å²) in [6, 6.07) is 17.5. The van der Waals surface area contributed by atoms with Crippen LogP contribution in [-0.2, 0) is 0 Å². The lowest BCUT2D eigenvalue weighted by molar-refractivity contribution is 0.244. The monoisotopic (exact) mass is 312 g/mol. The highest BCUT2D eigenvalue weighted by atomic mass is 16.2. The van der Waals surface area contributed by atoms with Gasteiger partial charge in [-0.1, -0.05) is 36.4 Å². The Morgan fingerprint density at radius 1 is 0.826 bits per heavy atom. The predicted molar refractivity (Wildman–Crippen MR) is 91.5 cm³/mol. The van der Waals surface area contributed by atoms with Crippen LogP contribution in [0.4, 0.5) is 21.0 Å². The topological polar surface area (TPSA) is 82.3 Å². The molecule has 0 saturated carbocycles. The summed E-state index contributed by atoms with van der Waals surface area (Å²) in [5.74, 6) is 0. The number of urea groups is 2. The Balaban J connectivity index is 1.69. The number of benzene rings is 2. The van der Waals surface area contributed by atoms with Gasteiger partial charge in [-0.05, 0) is 31.2 Å². The first kappa shape index (κ1) is 16.4. The average Bonchev–Trinajstić information content (AvgIpc) is 2.55. The highest BCUT2D eigenvalue weighted by molar-refractivity contribution is 5.90. The molecule has 0 bridgehead atoms. The van der Waals surface area contributed by atoms with Crippen molar-refractivity contribution in [3.05, 3.63) is 60.7 Å².